The Morgan fingerprint density at radius 2 is 2.20 bits per heavy atom. The van der Waals surface area contributed by atoms with Gasteiger partial charge in [0.2, 0.25) is 5.91 Å². The first kappa shape index (κ1) is 17.8. The van der Waals surface area contributed by atoms with Crippen LogP contribution in [-0.2, 0) is 18.4 Å². The van der Waals surface area contributed by atoms with Crippen molar-refractivity contribution in [3.8, 4) is 0 Å². The highest BCUT2D eigenvalue weighted by Crippen LogP contribution is 2.28. The lowest BCUT2D eigenvalue weighted by Crippen LogP contribution is -2.28. The zero-order valence-electron chi connectivity index (χ0n) is 14.5. The third-order valence-corrected chi connectivity index (χ3v) is 6.21. The standard InChI is InChI=1S/C17H19N3O3S2/c1-10-11(2)25-15-14(10)16(22)20(4)17(18-15)24-9-13(21)19(3)8-12-6-5-7-23-12/h5-7H,8-9H2,1-4H3. The number of fused-ring (bicyclic) bond motifs is 1. The predicted octanol–water partition coefficient (Wildman–Crippen LogP) is 2.96. The molecule has 0 spiro atoms. The van der Waals surface area contributed by atoms with E-state index in [1.165, 1.54) is 27.7 Å². The van der Waals surface area contributed by atoms with Gasteiger partial charge in [0.25, 0.3) is 5.56 Å². The van der Waals surface area contributed by atoms with Gasteiger partial charge in [-0.1, -0.05) is 11.8 Å². The van der Waals surface area contributed by atoms with Crippen molar-refractivity contribution >= 4 is 39.2 Å². The van der Waals surface area contributed by atoms with Crippen LogP contribution in [0.2, 0.25) is 0 Å². The van der Waals surface area contributed by atoms with Crippen LogP contribution in [0.15, 0.2) is 32.8 Å². The van der Waals surface area contributed by atoms with Gasteiger partial charge in [0.05, 0.1) is 23.9 Å². The van der Waals surface area contributed by atoms with E-state index in [1.54, 1.807) is 31.3 Å². The van der Waals surface area contributed by atoms with Gasteiger partial charge in [-0.05, 0) is 31.5 Å². The van der Waals surface area contributed by atoms with Crippen molar-refractivity contribution < 1.29 is 9.21 Å². The van der Waals surface area contributed by atoms with Crippen LogP contribution < -0.4 is 5.56 Å². The zero-order chi connectivity index (χ0) is 18.1. The van der Waals surface area contributed by atoms with Crippen molar-refractivity contribution in [2.45, 2.75) is 25.5 Å². The van der Waals surface area contributed by atoms with Crippen molar-refractivity contribution in [1.29, 1.82) is 0 Å². The fourth-order valence-corrected chi connectivity index (χ4v) is 4.43. The third-order valence-electron chi connectivity index (χ3n) is 4.09. The van der Waals surface area contributed by atoms with E-state index in [1.807, 2.05) is 19.9 Å². The summed E-state index contributed by atoms with van der Waals surface area (Å²) in [4.78, 5) is 32.9. The molecule has 3 rings (SSSR count). The van der Waals surface area contributed by atoms with E-state index in [0.29, 0.717) is 17.1 Å². The minimum absolute atomic E-state index is 0.0470. The summed E-state index contributed by atoms with van der Waals surface area (Å²) in [6, 6.07) is 3.62. The fraction of sp³-hybridized carbons (Fsp3) is 0.353. The number of thioether (sulfide) groups is 1. The molecule has 0 radical (unpaired) electrons. The summed E-state index contributed by atoms with van der Waals surface area (Å²) in [5.41, 5.74) is 0.921. The summed E-state index contributed by atoms with van der Waals surface area (Å²) >= 11 is 2.79. The van der Waals surface area contributed by atoms with Crippen LogP contribution >= 0.6 is 23.1 Å². The Labute approximate surface area is 153 Å². The maximum atomic E-state index is 12.6. The first-order chi connectivity index (χ1) is 11.9. The molecule has 3 aromatic heterocycles. The topological polar surface area (TPSA) is 68.3 Å². The maximum absolute atomic E-state index is 12.6. The number of aryl methyl sites for hydroxylation is 2. The molecule has 0 fully saturated rings. The third kappa shape index (κ3) is 3.50. The van der Waals surface area contributed by atoms with Gasteiger partial charge in [-0.25, -0.2) is 4.98 Å². The van der Waals surface area contributed by atoms with Crippen molar-refractivity contribution in [2.75, 3.05) is 12.8 Å². The van der Waals surface area contributed by atoms with Gasteiger partial charge in [-0.15, -0.1) is 11.3 Å². The van der Waals surface area contributed by atoms with E-state index in [-0.39, 0.29) is 17.2 Å². The van der Waals surface area contributed by atoms with Crippen molar-refractivity contribution in [2.24, 2.45) is 7.05 Å². The quantitative estimate of drug-likeness (QED) is 0.505. The van der Waals surface area contributed by atoms with Gasteiger partial charge in [0.1, 0.15) is 10.6 Å². The molecule has 0 saturated heterocycles. The predicted molar refractivity (Wildman–Crippen MR) is 100 cm³/mol. The summed E-state index contributed by atoms with van der Waals surface area (Å²) in [7, 11) is 3.42. The molecule has 0 saturated carbocycles. The number of carbonyl (C=O) groups is 1. The molecule has 0 aromatic carbocycles. The van der Waals surface area contributed by atoms with Crippen LogP contribution in [0.1, 0.15) is 16.2 Å². The van der Waals surface area contributed by atoms with Crippen LogP contribution in [-0.4, -0.2) is 33.2 Å². The summed E-state index contributed by atoms with van der Waals surface area (Å²) in [5.74, 6) is 0.901. The molecule has 25 heavy (non-hydrogen) atoms. The second-order valence-electron chi connectivity index (χ2n) is 5.84. The molecule has 3 heterocycles. The minimum atomic E-state index is -0.0641. The molecule has 6 nitrogen and oxygen atoms in total. The lowest BCUT2D eigenvalue weighted by molar-refractivity contribution is -0.127. The summed E-state index contributed by atoms with van der Waals surface area (Å²) < 4.78 is 6.78. The second-order valence-corrected chi connectivity index (χ2v) is 7.99. The van der Waals surface area contributed by atoms with E-state index >= 15 is 0 Å². The van der Waals surface area contributed by atoms with Gasteiger partial charge in [0.15, 0.2) is 5.16 Å². The first-order valence-corrected chi connectivity index (χ1v) is 9.54. The highest BCUT2D eigenvalue weighted by molar-refractivity contribution is 7.99. The van der Waals surface area contributed by atoms with Gasteiger partial charge in [0, 0.05) is 19.0 Å². The Kier molecular flexibility index (Phi) is 5.01. The van der Waals surface area contributed by atoms with Crippen LogP contribution in [0.25, 0.3) is 10.2 Å². The Hall–Kier alpha value is -2.06. The lowest BCUT2D eigenvalue weighted by Gasteiger charge is -2.15. The Morgan fingerprint density at radius 1 is 1.44 bits per heavy atom. The minimum Gasteiger partial charge on any atom is -0.467 e. The Bertz CT molecular complexity index is 973. The molecule has 8 heteroatoms. The molecular weight excluding hydrogens is 358 g/mol. The average molecular weight is 377 g/mol. The Morgan fingerprint density at radius 3 is 2.88 bits per heavy atom. The molecular formula is C17H19N3O3S2. The van der Waals surface area contributed by atoms with Gasteiger partial charge >= 0.3 is 0 Å². The van der Waals surface area contributed by atoms with E-state index in [0.717, 1.165) is 21.0 Å². The molecule has 3 aromatic rings. The lowest BCUT2D eigenvalue weighted by atomic mass is 10.2. The van der Waals surface area contributed by atoms with E-state index < -0.39 is 0 Å². The van der Waals surface area contributed by atoms with E-state index in [2.05, 4.69) is 4.98 Å². The number of thiophene rings is 1. The van der Waals surface area contributed by atoms with Gasteiger partial charge < -0.3 is 9.32 Å². The summed E-state index contributed by atoms with van der Waals surface area (Å²) in [5, 5.41) is 1.23. The maximum Gasteiger partial charge on any atom is 0.262 e. The van der Waals surface area contributed by atoms with E-state index in [4.69, 9.17) is 4.42 Å². The molecule has 132 valence electrons. The summed E-state index contributed by atoms with van der Waals surface area (Å²) in [6.07, 6.45) is 1.59. The molecule has 0 aliphatic carbocycles. The number of amides is 1. The monoisotopic (exact) mass is 377 g/mol. The smallest absolute Gasteiger partial charge is 0.262 e. The van der Waals surface area contributed by atoms with Crippen molar-refractivity contribution in [3.05, 3.63) is 45.0 Å². The molecule has 0 aliphatic heterocycles. The van der Waals surface area contributed by atoms with Crippen LogP contribution in [0.3, 0.4) is 0 Å². The number of nitrogens with zero attached hydrogens (tertiary/aromatic N) is 3. The number of furan rings is 1. The van der Waals surface area contributed by atoms with Crippen LogP contribution in [0.4, 0.5) is 0 Å². The molecule has 0 aliphatic rings. The number of hydrogen-bond acceptors (Lipinski definition) is 6. The Balaban J connectivity index is 1.76. The zero-order valence-corrected chi connectivity index (χ0v) is 16.2. The van der Waals surface area contributed by atoms with Crippen molar-refractivity contribution in [1.82, 2.24) is 14.5 Å². The van der Waals surface area contributed by atoms with Gasteiger partial charge in [-0.3, -0.25) is 14.2 Å². The van der Waals surface area contributed by atoms with E-state index in [9.17, 15) is 9.59 Å². The molecule has 0 unspecified atom stereocenters. The van der Waals surface area contributed by atoms with Crippen molar-refractivity contribution in [3.63, 3.8) is 0 Å². The normalized spacial score (nSPS) is 11.2. The number of aromatic nitrogens is 2. The highest BCUT2D eigenvalue weighted by atomic mass is 32.2. The average Bonchev–Trinajstić information content (AvgIpc) is 3.18. The molecule has 0 bridgehead atoms. The SMILES string of the molecule is Cc1sc2nc(SCC(=O)N(C)Cc3ccco3)n(C)c(=O)c2c1C. The second kappa shape index (κ2) is 7.05. The number of hydrogen-bond donors (Lipinski definition) is 0. The largest absolute Gasteiger partial charge is 0.467 e. The van der Waals surface area contributed by atoms with Crippen LogP contribution in [0.5, 0.6) is 0 Å². The molecule has 1 amide bonds. The number of carbonyl (C=O) groups excluding carboxylic acids is 1. The fourth-order valence-electron chi connectivity index (χ4n) is 2.45. The number of rotatable bonds is 5. The molecule has 0 N–H and O–H groups in total. The van der Waals surface area contributed by atoms with Crippen LogP contribution in [0, 0.1) is 13.8 Å². The first-order valence-electron chi connectivity index (χ1n) is 7.74. The van der Waals surface area contributed by atoms with Gasteiger partial charge in [-0.2, -0.15) is 0 Å². The molecule has 0 atom stereocenters. The summed E-state index contributed by atoms with van der Waals surface area (Å²) in [6.45, 7) is 4.35. The highest BCUT2D eigenvalue weighted by Gasteiger charge is 2.17.